The molecule has 0 aliphatic rings. The van der Waals surface area contributed by atoms with Crippen molar-refractivity contribution in [1.29, 1.82) is 0 Å². The van der Waals surface area contributed by atoms with Crippen molar-refractivity contribution < 1.29 is 4.79 Å². The smallest absolute Gasteiger partial charge is 0.231 e. The average molecular weight is 168 g/mol. The van der Waals surface area contributed by atoms with Gasteiger partial charge >= 0.3 is 0 Å². The van der Waals surface area contributed by atoms with Crippen molar-refractivity contribution in [3.63, 3.8) is 0 Å². The first-order chi connectivity index (χ1) is 5.56. The topological polar surface area (TPSA) is 46.3 Å². The highest BCUT2D eigenvalue weighted by molar-refractivity contribution is 5.75. The summed E-state index contributed by atoms with van der Waals surface area (Å²) in [5, 5.41) is 0. The van der Waals surface area contributed by atoms with Gasteiger partial charge < -0.3 is 5.73 Å². The van der Waals surface area contributed by atoms with Gasteiger partial charge in [-0.3, -0.25) is 9.69 Å². The van der Waals surface area contributed by atoms with Crippen LogP contribution in [0.2, 0.25) is 0 Å². The second kappa shape index (κ2) is 5.62. The fraction of sp³-hybridized carbons (Fsp3) is 0.667. The highest BCUT2D eigenvalue weighted by Crippen LogP contribution is 1.96. The SMILES string of the molecule is C#CCN(CC(N)=O)CC(C)C. The lowest BCUT2D eigenvalue weighted by atomic mass is 10.2. The van der Waals surface area contributed by atoms with Gasteiger partial charge in [-0.2, -0.15) is 0 Å². The number of terminal acetylenes is 1. The molecule has 0 bridgehead atoms. The van der Waals surface area contributed by atoms with E-state index in [2.05, 4.69) is 19.8 Å². The Morgan fingerprint density at radius 1 is 1.67 bits per heavy atom. The van der Waals surface area contributed by atoms with E-state index in [-0.39, 0.29) is 12.5 Å². The molecule has 12 heavy (non-hydrogen) atoms. The van der Waals surface area contributed by atoms with E-state index in [0.29, 0.717) is 12.5 Å². The summed E-state index contributed by atoms with van der Waals surface area (Å²) in [5.41, 5.74) is 5.05. The molecule has 68 valence electrons. The van der Waals surface area contributed by atoms with Gasteiger partial charge in [0, 0.05) is 6.54 Å². The summed E-state index contributed by atoms with van der Waals surface area (Å²) in [4.78, 5) is 12.4. The van der Waals surface area contributed by atoms with Gasteiger partial charge in [-0.25, -0.2) is 0 Å². The molecule has 0 rings (SSSR count). The van der Waals surface area contributed by atoms with Crippen LogP contribution in [0.25, 0.3) is 0 Å². The molecule has 1 amide bonds. The first-order valence-corrected chi connectivity index (χ1v) is 4.00. The van der Waals surface area contributed by atoms with E-state index in [4.69, 9.17) is 12.2 Å². The van der Waals surface area contributed by atoms with Crippen LogP contribution < -0.4 is 5.73 Å². The molecule has 0 heterocycles. The van der Waals surface area contributed by atoms with E-state index in [0.717, 1.165) is 6.54 Å². The molecule has 0 aliphatic heterocycles. The van der Waals surface area contributed by atoms with Crippen molar-refractivity contribution in [2.24, 2.45) is 11.7 Å². The molecule has 0 atom stereocenters. The molecule has 0 spiro atoms. The molecule has 0 fully saturated rings. The largest absolute Gasteiger partial charge is 0.369 e. The normalized spacial score (nSPS) is 10.2. The molecule has 2 N–H and O–H groups in total. The minimum atomic E-state index is -0.328. The molecule has 3 heteroatoms. The Morgan fingerprint density at radius 2 is 2.25 bits per heavy atom. The van der Waals surface area contributed by atoms with Crippen LogP contribution >= 0.6 is 0 Å². The van der Waals surface area contributed by atoms with Gasteiger partial charge in [-0.1, -0.05) is 19.8 Å². The fourth-order valence-electron chi connectivity index (χ4n) is 1.05. The van der Waals surface area contributed by atoms with Crippen molar-refractivity contribution in [3.05, 3.63) is 0 Å². The van der Waals surface area contributed by atoms with Gasteiger partial charge in [0.25, 0.3) is 0 Å². The molecule has 0 aromatic rings. The first kappa shape index (κ1) is 11.0. The molecule has 0 aromatic heterocycles. The third-order valence-electron chi connectivity index (χ3n) is 1.32. The number of amides is 1. The lowest BCUT2D eigenvalue weighted by molar-refractivity contribution is -0.119. The molecule has 0 saturated carbocycles. The van der Waals surface area contributed by atoms with Crippen LogP contribution in [0.3, 0.4) is 0 Å². The molecule has 0 unspecified atom stereocenters. The molecule has 0 radical (unpaired) electrons. The van der Waals surface area contributed by atoms with Crippen LogP contribution in [0, 0.1) is 18.3 Å². The predicted molar refractivity (Wildman–Crippen MR) is 49.3 cm³/mol. The monoisotopic (exact) mass is 168 g/mol. The summed E-state index contributed by atoms with van der Waals surface area (Å²) in [5.74, 6) is 2.67. The third-order valence-corrected chi connectivity index (χ3v) is 1.32. The quantitative estimate of drug-likeness (QED) is 0.590. The molecular formula is C9H16N2O. The van der Waals surface area contributed by atoms with Crippen LogP contribution in [-0.2, 0) is 4.79 Å². The number of carbonyl (C=O) groups excluding carboxylic acids is 1. The Balaban J connectivity index is 3.87. The van der Waals surface area contributed by atoms with E-state index >= 15 is 0 Å². The summed E-state index contributed by atoms with van der Waals surface area (Å²) in [6, 6.07) is 0. The minimum absolute atomic E-state index is 0.252. The third kappa shape index (κ3) is 5.75. The second-order valence-electron chi connectivity index (χ2n) is 3.23. The van der Waals surface area contributed by atoms with Crippen molar-refractivity contribution in [2.75, 3.05) is 19.6 Å². The summed E-state index contributed by atoms with van der Waals surface area (Å²) < 4.78 is 0. The Hall–Kier alpha value is -1.01. The van der Waals surface area contributed by atoms with E-state index in [1.165, 1.54) is 0 Å². The van der Waals surface area contributed by atoms with Gasteiger partial charge in [0.15, 0.2) is 0 Å². The summed E-state index contributed by atoms with van der Waals surface area (Å²) in [6.07, 6.45) is 5.14. The van der Waals surface area contributed by atoms with Crippen LogP contribution in [0.1, 0.15) is 13.8 Å². The van der Waals surface area contributed by atoms with Gasteiger partial charge in [-0.15, -0.1) is 6.42 Å². The fourth-order valence-corrected chi connectivity index (χ4v) is 1.05. The van der Waals surface area contributed by atoms with Crippen LogP contribution in [0.4, 0.5) is 0 Å². The Kier molecular flexibility index (Phi) is 5.14. The lowest BCUT2D eigenvalue weighted by Crippen LogP contribution is -2.36. The van der Waals surface area contributed by atoms with Gasteiger partial charge in [-0.05, 0) is 5.92 Å². The number of hydrogen-bond donors (Lipinski definition) is 1. The summed E-state index contributed by atoms with van der Waals surface area (Å²) in [6.45, 7) is 5.70. The maximum atomic E-state index is 10.6. The number of carbonyl (C=O) groups is 1. The molecule has 3 nitrogen and oxygen atoms in total. The summed E-state index contributed by atoms with van der Waals surface area (Å²) in [7, 11) is 0. The van der Waals surface area contributed by atoms with Crippen molar-refractivity contribution in [3.8, 4) is 12.3 Å². The molecule has 0 saturated heterocycles. The number of nitrogens with zero attached hydrogens (tertiary/aromatic N) is 1. The number of primary amides is 1. The Labute approximate surface area is 73.9 Å². The predicted octanol–water partition coefficient (Wildman–Crippen LogP) is 0.0629. The molecular weight excluding hydrogens is 152 g/mol. The van der Waals surface area contributed by atoms with Crippen LogP contribution in [0.15, 0.2) is 0 Å². The van der Waals surface area contributed by atoms with Crippen molar-refractivity contribution in [2.45, 2.75) is 13.8 Å². The van der Waals surface area contributed by atoms with E-state index in [9.17, 15) is 4.79 Å². The summed E-state index contributed by atoms with van der Waals surface area (Å²) >= 11 is 0. The highest BCUT2D eigenvalue weighted by atomic mass is 16.1. The second-order valence-corrected chi connectivity index (χ2v) is 3.23. The van der Waals surface area contributed by atoms with E-state index in [1.54, 1.807) is 0 Å². The Bertz CT molecular complexity index is 181. The maximum absolute atomic E-state index is 10.6. The standard InChI is InChI=1S/C9H16N2O/c1-4-5-11(6-8(2)3)7-9(10)12/h1,8H,5-7H2,2-3H3,(H2,10,12). The minimum Gasteiger partial charge on any atom is -0.369 e. The molecule has 0 aliphatic carbocycles. The average Bonchev–Trinajstić information content (AvgIpc) is 1.84. The van der Waals surface area contributed by atoms with Gasteiger partial charge in [0.2, 0.25) is 5.91 Å². The van der Waals surface area contributed by atoms with E-state index < -0.39 is 0 Å². The maximum Gasteiger partial charge on any atom is 0.231 e. The highest BCUT2D eigenvalue weighted by Gasteiger charge is 2.07. The molecule has 0 aromatic carbocycles. The zero-order chi connectivity index (χ0) is 9.56. The van der Waals surface area contributed by atoms with Crippen molar-refractivity contribution in [1.82, 2.24) is 4.90 Å². The van der Waals surface area contributed by atoms with Gasteiger partial charge in [0.1, 0.15) is 0 Å². The van der Waals surface area contributed by atoms with Crippen molar-refractivity contribution >= 4 is 5.91 Å². The van der Waals surface area contributed by atoms with E-state index in [1.807, 2.05) is 4.90 Å². The number of nitrogens with two attached hydrogens (primary N) is 1. The first-order valence-electron chi connectivity index (χ1n) is 4.00. The van der Waals surface area contributed by atoms with Crippen LogP contribution in [-0.4, -0.2) is 30.4 Å². The van der Waals surface area contributed by atoms with Crippen LogP contribution in [0.5, 0.6) is 0 Å². The number of rotatable bonds is 5. The zero-order valence-corrected chi connectivity index (χ0v) is 7.71. The zero-order valence-electron chi connectivity index (χ0n) is 7.71. The lowest BCUT2D eigenvalue weighted by Gasteiger charge is -2.19. The Morgan fingerprint density at radius 3 is 2.58 bits per heavy atom. The number of hydrogen-bond acceptors (Lipinski definition) is 2. The van der Waals surface area contributed by atoms with Gasteiger partial charge in [0.05, 0.1) is 13.1 Å².